The van der Waals surface area contributed by atoms with Crippen LogP contribution in [0.5, 0.6) is 11.6 Å². The molecule has 0 spiro atoms. The van der Waals surface area contributed by atoms with E-state index < -0.39 is 24.2 Å². The minimum atomic E-state index is -1.27. The lowest BCUT2D eigenvalue weighted by atomic mass is 10.1. The van der Waals surface area contributed by atoms with Gasteiger partial charge in [0.15, 0.2) is 0 Å². The Bertz CT molecular complexity index is 771. The van der Waals surface area contributed by atoms with Crippen LogP contribution in [0.15, 0.2) is 30.5 Å². The van der Waals surface area contributed by atoms with Gasteiger partial charge in [-0.05, 0) is 29.7 Å². The maximum Gasteiger partial charge on any atom is 0.408 e. The molecule has 1 aliphatic rings. The molecule has 0 aliphatic carbocycles. The standard InChI is InChI=1S/C16H16N2O6/c1-23-10-2-3-12-9(6-10)4-5-17-14(12)24-11-7-13(15(19)20)18(8-11)16(21)22/h2-6,11,13H,7-8H2,1H3,(H,19,20)(H,21,22). The molecule has 2 heterocycles. The molecule has 0 bridgehead atoms. The number of benzene rings is 1. The smallest absolute Gasteiger partial charge is 0.408 e. The van der Waals surface area contributed by atoms with Crippen LogP contribution in [0.2, 0.25) is 0 Å². The van der Waals surface area contributed by atoms with Gasteiger partial charge in [-0.3, -0.25) is 4.90 Å². The molecule has 2 unspecified atom stereocenters. The first-order chi connectivity index (χ1) is 11.5. The zero-order valence-electron chi connectivity index (χ0n) is 12.9. The number of amides is 1. The number of methoxy groups -OCH3 is 1. The van der Waals surface area contributed by atoms with Crippen molar-refractivity contribution in [2.45, 2.75) is 18.6 Å². The number of nitrogens with zero attached hydrogens (tertiary/aromatic N) is 2. The molecule has 0 radical (unpaired) electrons. The van der Waals surface area contributed by atoms with E-state index in [1.165, 1.54) is 0 Å². The first-order valence-electron chi connectivity index (χ1n) is 7.31. The van der Waals surface area contributed by atoms with Gasteiger partial charge in [0.1, 0.15) is 17.9 Å². The summed E-state index contributed by atoms with van der Waals surface area (Å²) < 4.78 is 11.0. The summed E-state index contributed by atoms with van der Waals surface area (Å²) in [7, 11) is 1.57. The fourth-order valence-electron chi connectivity index (χ4n) is 2.84. The average Bonchev–Trinajstić information content (AvgIpc) is 2.99. The molecule has 1 fully saturated rings. The van der Waals surface area contributed by atoms with E-state index >= 15 is 0 Å². The Morgan fingerprint density at radius 2 is 2.08 bits per heavy atom. The number of hydrogen-bond donors (Lipinski definition) is 2. The predicted molar refractivity (Wildman–Crippen MR) is 83.5 cm³/mol. The third-order valence-electron chi connectivity index (χ3n) is 4.01. The second-order valence-electron chi connectivity index (χ2n) is 5.47. The fraction of sp³-hybridized carbons (Fsp3) is 0.312. The van der Waals surface area contributed by atoms with Crippen LogP contribution in [0, 0.1) is 0 Å². The number of likely N-dealkylation sites (tertiary alicyclic amines) is 1. The quantitative estimate of drug-likeness (QED) is 0.879. The largest absolute Gasteiger partial charge is 0.497 e. The molecule has 2 atom stereocenters. The van der Waals surface area contributed by atoms with Crippen molar-refractivity contribution in [2.75, 3.05) is 13.7 Å². The van der Waals surface area contributed by atoms with Crippen molar-refractivity contribution in [3.63, 3.8) is 0 Å². The van der Waals surface area contributed by atoms with Crippen LogP contribution in [-0.2, 0) is 4.79 Å². The van der Waals surface area contributed by atoms with E-state index in [2.05, 4.69) is 4.98 Å². The minimum absolute atomic E-state index is 0.0134. The van der Waals surface area contributed by atoms with E-state index in [-0.39, 0.29) is 13.0 Å². The van der Waals surface area contributed by atoms with Crippen LogP contribution in [0.4, 0.5) is 4.79 Å². The van der Waals surface area contributed by atoms with Crippen molar-refractivity contribution >= 4 is 22.8 Å². The number of hydrogen-bond acceptors (Lipinski definition) is 5. The van der Waals surface area contributed by atoms with E-state index in [9.17, 15) is 9.59 Å². The SMILES string of the molecule is COc1ccc2c(OC3CC(C(=O)O)N(C(=O)O)C3)nccc2c1. The molecule has 1 aromatic carbocycles. The lowest BCUT2D eigenvalue weighted by Crippen LogP contribution is -2.39. The van der Waals surface area contributed by atoms with Gasteiger partial charge >= 0.3 is 12.1 Å². The zero-order valence-corrected chi connectivity index (χ0v) is 12.9. The van der Waals surface area contributed by atoms with Crippen LogP contribution in [-0.4, -0.2) is 58.0 Å². The number of carbonyl (C=O) groups is 2. The van der Waals surface area contributed by atoms with E-state index in [0.717, 1.165) is 15.7 Å². The molecule has 1 aromatic heterocycles. The number of aliphatic carboxylic acids is 1. The molecule has 1 aliphatic heterocycles. The van der Waals surface area contributed by atoms with Crippen molar-refractivity contribution in [3.8, 4) is 11.6 Å². The van der Waals surface area contributed by atoms with Crippen LogP contribution in [0.3, 0.4) is 0 Å². The molecule has 3 rings (SSSR count). The maximum atomic E-state index is 11.2. The average molecular weight is 332 g/mol. The monoisotopic (exact) mass is 332 g/mol. The molecule has 2 aromatic rings. The number of carboxylic acids is 1. The van der Waals surface area contributed by atoms with Gasteiger partial charge in [0, 0.05) is 18.0 Å². The molecule has 1 amide bonds. The van der Waals surface area contributed by atoms with Crippen molar-refractivity contribution in [2.24, 2.45) is 0 Å². The zero-order chi connectivity index (χ0) is 17.3. The van der Waals surface area contributed by atoms with Gasteiger partial charge < -0.3 is 19.7 Å². The summed E-state index contributed by atoms with van der Waals surface area (Å²) in [5.74, 6) is -0.140. The van der Waals surface area contributed by atoms with E-state index in [1.807, 2.05) is 12.1 Å². The number of ether oxygens (including phenoxy) is 2. The normalized spacial score (nSPS) is 20.1. The van der Waals surface area contributed by atoms with Crippen molar-refractivity contribution < 1.29 is 29.3 Å². The Hall–Kier alpha value is -3.03. The lowest BCUT2D eigenvalue weighted by Gasteiger charge is -2.16. The highest BCUT2D eigenvalue weighted by Gasteiger charge is 2.41. The molecule has 2 N–H and O–H groups in total. The first-order valence-corrected chi connectivity index (χ1v) is 7.31. The Morgan fingerprint density at radius 3 is 2.71 bits per heavy atom. The van der Waals surface area contributed by atoms with Crippen LogP contribution >= 0.6 is 0 Å². The number of fused-ring (bicyclic) bond motifs is 1. The number of carboxylic acid groups (broad SMARTS) is 2. The van der Waals surface area contributed by atoms with Crippen LogP contribution in [0.1, 0.15) is 6.42 Å². The summed E-state index contributed by atoms with van der Waals surface area (Å²) in [5, 5.41) is 19.9. The fourth-order valence-corrected chi connectivity index (χ4v) is 2.84. The van der Waals surface area contributed by atoms with Gasteiger partial charge in [0.25, 0.3) is 0 Å². The molecule has 24 heavy (non-hydrogen) atoms. The van der Waals surface area contributed by atoms with Crippen molar-refractivity contribution in [1.29, 1.82) is 0 Å². The second-order valence-corrected chi connectivity index (χ2v) is 5.47. The van der Waals surface area contributed by atoms with E-state index in [4.69, 9.17) is 19.7 Å². The Balaban J connectivity index is 1.85. The number of pyridine rings is 1. The van der Waals surface area contributed by atoms with Gasteiger partial charge in [0.05, 0.1) is 13.7 Å². The molecule has 8 nitrogen and oxygen atoms in total. The van der Waals surface area contributed by atoms with Gasteiger partial charge in [-0.25, -0.2) is 14.6 Å². The number of aromatic nitrogens is 1. The van der Waals surface area contributed by atoms with Gasteiger partial charge in [-0.15, -0.1) is 0 Å². The highest BCUT2D eigenvalue weighted by molar-refractivity contribution is 5.88. The minimum Gasteiger partial charge on any atom is -0.497 e. The predicted octanol–water partition coefficient (Wildman–Crippen LogP) is 1.83. The summed E-state index contributed by atoms with van der Waals surface area (Å²) in [6.45, 7) is -0.0134. The maximum absolute atomic E-state index is 11.2. The molecular weight excluding hydrogens is 316 g/mol. The third-order valence-corrected chi connectivity index (χ3v) is 4.01. The summed E-state index contributed by atoms with van der Waals surface area (Å²) >= 11 is 0. The Labute approximate surface area is 137 Å². The van der Waals surface area contributed by atoms with Crippen LogP contribution < -0.4 is 9.47 Å². The molecular formula is C16H16N2O6. The van der Waals surface area contributed by atoms with Gasteiger partial charge in [0.2, 0.25) is 5.88 Å². The van der Waals surface area contributed by atoms with E-state index in [1.54, 1.807) is 25.4 Å². The molecule has 126 valence electrons. The first kappa shape index (κ1) is 15.9. The van der Waals surface area contributed by atoms with Crippen molar-refractivity contribution in [1.82, 2.24) is 9.88 Å². The Kier molecular flexibility index (Phi) is 4.11. The molecule has 8 heteroatoms. The highest BCUT2D eigenvalue weighted by atomic mass is 16.5. The van der Waals surface area contributed by atoms with E-state index in [0.29, 0.717) is 11.6 Å². The summed E-state index contributed by atoms with van der Waals surface area (Å²) in [6.07, 6.45) is -0.183. The second kappa shape index (κ2) is 6.23. The lowest BCUT2D eigenvalue weighted by molar-refractivity contribution is -0.141. The Morgan fingerprint density at radius 1 is 1.29 bits per heavy atom. The summed E-state index contributed by atoms with van der Waals surface area (Å²) in [5.41, 5.74) is 0. The number of rotatable bonds is 4. The van der Waals surface area contributed by atoms with Gasteiger partial charge in [-0.2, -0.15) is 0 Å². The van der Waals surface area contributed by atoms with Crippen molar-refractivity contribution in [3.05, 3.63) is 30.5 Å². The molecule has 0 saturated carbocycles. The molecule has 1 saturated heterocycles. The van der Waals surface area contributed by atoms with Crippen LogP contribution in [0.25, 0.3) is 10.8 Å². The topological polar surface area (TPSA) is 109 Å². The summed E-state index contributed by atoms with van der Waals surface area (Å²) in [4.78, 5) is 27.4. The third kappa shape index (κ3) is 2.90. The van der Waals surface area contributed by atoms with Gasteiger partial charge in [-0.1, -0.05) is 0 Å². The highest BCUT2D eigenvalue weighted by Crippen LogP contribution is 2.29. The summed E-state index contributed by atoms with van der Waals surface area (Å²) in [6, 6.07) is 6.11.